The van der Waals surface area contributed by atoms with E-state index in [0.29, 0.717) is 6.61 Å². The minimum Gasteiger partial charge on any atom is -0.459 e. The van der Waals surface area contributed by atoms with Crippen molar-refractivity contribution in [2.45, 2.75) is 39.1 Å². The van der Waals surface area contributed by atoms with Gasteiger partial charge in [-0.15, -0.1) is 0 Å². The molecule has 2 heterocycles. The summed E-state index contributed by atoms with van der Waals surface area (Å²) in [7, 11) is 0. The van der Waals surface area contributed by atoms with Crippen molar-refractivity contribution >= 4 is 5.97 Å². The lowest BCUT2D eigenvalue weighted by Crippen LogP contribution is -2.34. The normalized spacial score (nSPS) is 35.3. The Morgan fingerprint density at radius 2 is 2.20 bits per heavy atom. The number of hydrogen-bond acceptors (Lipinski definition) is 4. The summed E-state index contributed by atoms with van der Waals surface area (Å²) in [6.45, 7) is 4.92. The Labute approximate surface area is 89.9 Å². The maximum absolute atomic E-state index is 11.5. The van der Waals surface area contributed by atoms with Crippen molar-refractivity contribution in [3.05, 3.63) is 0 Å². The first kappa shape index (κ1) is 10.9. The Balaban J connectivity index is 1.90. The SMILES string of the molecule is CC(C)C(=O)OC1COC2OCCCC12. The highest BCUT2D eigenvalue weighted by Gasteiger charge is 2.42. The third-order valence-electron chi connectivity index (χ3n) is 2.95. The summed E-state index contributed by atoms with van der Waals surface area (Å²) in [5.74, 6) is 0.0184. The number of fused-ring (bicyclic) bond motifs is 1. The molecule has 0 aromatic carbocycles. The zero-order valence-corrected chi connectivity index (χ0v) is 9.27. The van der Waals surface area contributed by atoms with Crippen molar-refractivity contribution in [1.82, 2.24) is 0 Å². The van der Waals surface area contributed by atoms with E-state index in [4.69, 9.17) is 14.2 Å². The number of rotatable bonds is 2. The van der Waals surface area contributed by atoms with Gasteiger partial charge in [-0.1, -0.05) is 13.8 Å². The first-order valence-electron chi connectivity index (χ1n) is 5.62. The molecular weight excluding hydrogens is 196 g/mol. The molecule has 0 aromatic rings. The molecular formula is C11H18O4. The van der Waals surface area contributed by atoms with Gasteiger partial charge < -0.3 is 14.2 Å². The predicted molar refractivity (Wildman–Crippen MR) is 53.1 cm³/mol. The molecule has 3 atom stereocenters. The average molecular weight is 214 g/mol. The standard InChI is InChI=1S/C11H18O4/c1-7(2)10(12)15-9-6-14-11-8(9)4-3-5-13-11/h7-9,11H,3-6H2,1-2H3. The third-order valence-corrected chi connectivity index (χ3v) is 2.95. The lowest BCUT2D eigenvalue weighted by molar-refractivity contribution is -0.160. The quantitative estimate of drug-likeness (QED) is 0.651. The van der Waals surface area contributed by atoms with Crippen molar-refractivity contribution in [3.8, 4) is 0 Å². The minimum atomic E-state index is -0.149. The minimum absolute atomic E-state index is 0.0754. The van der Waals surface area contributed by atoms with Gasteiger partial charge in [0.15, 0.2) is 6.29 Å². The van der Waals surface area contributed by atoms with Crippen molar-refractivity contribution in [2.24, 2.45) is 11.8 Å². The number of carbonyl (C=O) groups excluding carboxylic acids is 1. The molecule has 2 fully saturated rings. The van der Waals surface area contributed by atoms with Crippen LogP contribution in [0.1, 0.15) is 26.7 Å². The number of carbonyl (C=O) groups is 1. The molecule has 0 amide bonds. The second kappa shape index (κ2) is 4.49. The van der Waals surface area contributed by atoms with Crippen LogP contribution in [0.2, 0.25) is 0 Å². The van der Waals surface area contributed by atoms with E-state index >= 15 is 0 Å². The van der Waals surface area contributed by atoms with Gasteiger partial charge in [0.1, 0.15) is 6.10 Å². The molecule has 0 spiro atoms. The van der Waals surface area contributed by atoms with E-state index in [0.717, 1.165) is 19.4 Å². The maximum atomic E-state index is 11.5. The molecule has 4 nitrogen and oxygen atoms in total. The van der Waals surface area contributed by atoms with Gasteiger partial charge in [-0.25, -0.2) is 0 Å². The monoisotopic (exact) mass is 214 g/mol. The number of ether oxygens (including phenoxy) is 3. The molecule has 0 aliphatic carbocycles. The van der Waals surface area contributed by atoms with E-state index in [9.17, 15) is 4.79 Å². The van der Waals surface area contributed by atoms with Crippen LogP contribution in [0, 0.1) is 11.8 Å². The van der Waals surface area contributed by atoms with Crippen LogP contribution >= 0.6 is 0 Å². The van der Waals surface area contributed by atoms with E-state index in [1.54, 1.807) is 0 Å². The highest BCUT2D eigenvalue weighted by Crippen LogP contribution is 2.32. The van der Waals surface area contributed by atoms with Gasteiger partial charge >= 0.3 is 5.97 Å². The zero-order chi connectivity index (χ0) is 10.8. The second-order valence-corrected chi connectivity index (χ2v) is 4.51. The highest BCUT2D eigenvalue weighted by atomic mass is 16.7. The van der Waals surface area contributed by atoms with E-state index in [2.05, 4.69) is 0 Å². The largest absolute Gasteiger partial charge is 0.459 e. The maximum Gasteiger partial charge on any atom is 0.308 e. The summed E-state index contributed by atoms with van der Waals surface area (Å²) in [4.78, 5) is 11.5. The third kappa shape index (κ3) is 2.32. The van der Waals surface area contributed by atoms with Gasteiger partial charge in [0.2, 0.25) is 0 Å². The molecule has 4 heteroatoms. The predicted octanol–water partition coefficient (Wildman–Crippen LogP) is 1.34. The molecule has 0 aromatic heterocycles. The smallest absolute Gasteiger partial charge is 0.308 e. The Kier molecular flexibility index (Phi) is 3.26. The molecule has 0 saturated carbocycles. The molecule has 2 aliphatic rings. The van der Waals surface area contributed by atoms with Crippen LogP contribution in [0.25, 0.3) is 0 Å². The summed E-state index contributed by atoms with van der Waals surface area (Å²) in [6, 6.07) is 0. The first-order valence-corrected chi connectivity index (χ1v) is 5.62. The van der Waals surface area contributed by atoms with Crippen molar-refractivity contribution in [2.75, 3.05) is 13.2 Å². The fourth-order valence-electron chi connectivity index (χ4n) is 2.03. The molecule has 2 aliphatic heterocycles. The van der Waals surface area contributed by atoms with Crippen molar-refractivity contribution < 1.29 is 19.0 Å². The van der Waals surface area contributed by atoms with Crippen LogP contribution in [0.15, 0.2) is 0 Å². The van der Waals surface area contributed by atoms with Gasteiger partial charge in [-0.2, -0.15) is 0 Å². The summed E-state index contributed by atoms with van der Waals surface area (Å²) < 4.78 is 16.3. The van der Waals surface area contributed by atoms with Crippen LogP contribution in [-0.2, 0) is 19.0 Å². The topological polar surface area (TPSA) is 44.8 Å². The first-order chi connectivity index (χ1) is 7.18. The summed E-state index contributed by atoms with van der Waals surface area (Å²) in [5, 5.41) is 0. The van der Waals surface area contributed by atoms with Crippen LogP contribution in [0.4, 0.5) is 0 Å². The van der Waals surface area contributed by atoms with Crippen LogP contribution in [0.5, 0.6) is 0 Å². The van der Waals surface area contributed by atoms with Crippen molar-refractivity contribution in [3.63, 3.8) is 0 Å². The van der Waals surface area contributed by atoms with E-state index in [-0.39, 0.29) is 30.2 Å². The number of hydrogen-bond donors (Lipinski definition) is 0. The van der Waals surface area contributed by atoms with Gasteiger partial charge in [-0.05, 0) is 12.8 Å². The average Bonchev–Trinajstić information content (AvgIpc) is 2.62. The second-order valence-electron chi connectivity index (χ2n) is 4.51. The molecule has 2 rings (SSSR count). The molecule has 15 heavy (non-hydrogen) atoms. The molecule has 2 saturated heterocycles. The molecule has 3 unspecified atom stereocenters. The van der Waals surface area contributed by atoms with Crippen LogP contribution < -0.4 is 0 Å². The van der Waals surface area contributed by atoms with E-state index < -0.39 is 0 Å². The Morgan fingerprint density at radius 3 is 2.93 bits per heavy atom. The highest BCUT2D eigenvalue weighted by molar-refractivity contribution is 5.71. The Bertz CT molecular complexity index is 239. The lowest BCUT2D eigenvalue weighted by atomic mass is 9.96. The van der Waals surface area contributed by atoms with Crippen molar-refractivity contribution in [1.29, 1.82) is 0 Å². The van der Waals surface area contributed by atoms with Gasteiger partial charge in [0.05, 0.1) is 12.5 Å². The van der Waals surface area contributed by atoms with Crippen LogP contribution in [0.3, 0.4) is 0 Å². The summed E-state index contributed by atoms with van der Waals surface area (Å²) >= 11 is 0. The van der Waals surface area contributed by atoms with Gasteiger partial charge in [-0.3, -0.25) is 4.79 Å². The Hall–Kier alpha value is -0.610. The molecule has 0 N–H and O–H groups in total. The number of esters is 1. The summed E-state index contributed by atoms with van der Waals surface area (Å²) in [6.07, 6.45) is 1.80. The van der Waals surface area contributed by atoms with Gasteiger partial charge in [0, 0.05) is 12.5 Å². The van der Waals surface area contributed by atoms with E-state index in [1.165, 1.54) is 0 Å². The van der Waals surface area contributed by atoms with Gasteiger partial charge in [0.25, 0.3) is 0 Å². The fourth-order valence-corrected chi connectivity index (χ4v) is 2.03. The van der Waals surface area contributed by atoms with Crippen LogP contribution in [-0.4, -0.2) is 31.6 Å². The molecule has 0 radical (unpaired) electrons. The van der Waals surface area contributed by atoms with E-state index in [1.807, 2.05) is 13.8 Å². The Morgan fingerprint density at radius 1 is 1.40 bits per heavy atom. The molecule has 0 bridgehead atoms. The molecule has 86 valence electrons. The fraction of sp³-hybridized carbons (Fsp3) is 0.909. The summed E-state index contributed by atoms with van der Waals surface area (Å²) in [5.41, 5.74) is 0. The lowest BCUT2D eigenvalue weighted by Gasteiger charge is -2.27. The zero-order valence-electron chi connectivity index (χ0n) is 9.27.